The van der Waals surface area contributed by atoms with Crippen molar-refractivity contribution in [2.45, 2.75) is 90.4 Å². The van der Waals surface area contributed by atoms with E-state index >= 15 is 0 Å². The molecule has 8 N–H and O–H groups in total. The average molecular weight is 503 g/mol. The van der Waals surface area contributed by atoms with Crippen LogP contribution in [0, 0.1) is 11.8 Å². The summed E-state index contributed by atoms with van der Waals surface area (Å²) in [6.07, 6.45) is -0.728. The van der Waals surface area contributed by atoms with Gasteiger partial charge >= 0.3 is 17.9 Å². The average Bonchev–Trinajstić information content (AvgIpc) is 2.76. The van der Waals surface area contributed by atoms with Crippen LogP contribution < -0.4 is 21.7 Å². The Bertz CT molecular complexity index is 772. The Kier molecular flexibility index (Phi) is 14.2. The maximum absolute atomic E-state index is 13.0. The SMILES string of the molecule is CCC(C)C(NC(=O)C(CCC(=O)O)NC(=O)C(N)CCC(=O)O)C(=O)NC(CC(C)C)C(=O)O. The van der Waals surface area contributed by atoms with E-state index in [2.05, 4.69) is 16.0 Å². The summed E-state index contributed by atoms with van der Waals surface area (Å²) in [6.45, 7) is 7.04. The molecule has 0 aliphatic heterocycles. The van der Waals surface area contributed by atoms with Crippen molar-refractivity contribution in [2.75, 3.05) is 0 Å². The van der Waals surface area contributed by atoms with Gasteiger partial charge in [-0.2, -0.15) is 0 Å². The molecule has 0 bridgehead atoms. The molecular formula is C22H38N4O9. The zero-order valence-electron chi connectivity index (χ0n) is 20.6. The summed E-state index contributed by atoms with van der Waals surface area (Å²) in [5, 5.41) is 34.4. The zero-order chi connectivity index (χ0) is 27.3. The highest BCUT2D eigenvalue weighted by Crippen LogP contribution is 2.12. The van der Waals surface area contributed by atoms with Crippen LogP contribution in [0.4, 0.5) is 0 Å². The Balaban J connectivity index is 5.60. The third kappa shape index (κ3) is 12.7. The molecule has 0 saturated heterocycles. The highest BCUT2D eigenvalue weighted by Gasteiger charge is 2.33. The number of carbonyl (C=O) groups is 6. The predicted octanol–water partition coefficient (Wildman–Crippen LogP) is -0.325. The van der Waals surface area contributed by atoms with Crippen LogP contribution in [0.3, 0.4) is 0 Å². The number of carbonyl (C=O) groups excluding carboxylic acids is 3. The van der Waals surface area contributed by atoms with E-state index in [1.165, 1.54) is 0 Å². The monoisotopic (exact) mass is 502 g/mol. The third-order valence-electron chi connectivity index (χ3n) is 5.40. The fraction of sp³-hybridized carbons (Fsp3) is 0.727. The van der Waals surface area contributed by atoms with Crippen molar-refractivity contribution >= 4 is 35.6 Å². The van der Waals surface area contributed by atoms with Crippen LogP contribution in [-0.4, -0.2) is 75.1 Å². The minimum absolute atomic E-state index is 0.0195. The van der Waals surface area contributed by atoms with Gasteiger partial charge in [-0.1, -0.05) is 34.1 Å². The van der Waals surface area contributed by atoms with Crippen molar-refractivity contribution in [2.24, 2.45) is 17.6 Å². The lowest BCUT2D eigenvalue weighted by atomic mass is 9.96. The first-order valence-electron chi connectivity index (χ1n) is 11.5. The Morgan fingerprint density at radius 2 is 1.26 bits per heavy atom. The topological polar surface area (TPSA) is 225 Å². The summed E-state index contributed by atoms with van der Waals surface area (Å²) in [6, 6.07) is -4.92. The number of hydrogen-bond acceptors (Lipinski definition) is 7. The molecule has 35 heavy (non-hydrogen) atoms. The molecule has 3 amide bonds. The fourth-order valence-electron chi connectivity index (χ4n) is 3.14. The van der Waals surface area contributed by atoms with Gasteiger partial charge in [-0.25, -0.2) is 4.79 Å². The molecule has 0 aromatic heterocycles. The number of carboxylic acid groups (broad SMARTS) is 3. The third-order valence-corrected chi connectivity index (χ3v) is 5.40. The molecule has 5 unspecified atom stereocenters. The Morgan fingerprint density at radius 1 is 0.743 bits per heavy atom. The van der Waals surface area contributed by atoms with E-state index < -0.39 is 72.1 Å². The first kappa shape index (κ1) is 31.8. The minimum atomic E-state index is -1.36. The molecule has 0 aliphatic carbocycles. The second-order valence-electron chi connectivity index (χ2n) is 8.93. The van der Waals surface area contributed by atoms with E-state index in [1.807, 2.05) is 0 Å². The highest BCUT2D eigenvalue weighted by molar-refractivity contribution is 5.94. The van der Waals surface area contributed by atoms with Crippen molar-refractivity contribution < 1.29 is 44.1 Å². The van der Waals surface area contributed by atoms with Crippen LogP contribution in [0.5, 0.6) is 0 Å². The van der Waals surface area contributed by atoms with Crippen LogP contribution in [0.2, 0.25) is 0 Å². The lowest BCUT2D eigenvalue weighted by Crippen LogP contribution is -2.58. The molecule has 0 rings (SSSR count). The number of nitrogens with one attached hydrogen (secondary N) is 3. The van der Waals surface area contributed by atoms with E-state index in [0.29, 0.717) is 6.42 Å². The molecule has 200 valence electrons. The number of rotatable bonds is 17. The van der Waals surface area contributed by atoms with Crippen LogP contribution in [0.15, 0.2) is 0 Å². The van der Waals surface area contributed by atoms with Crippen molar-refractivity contribution in [3.63, 3.8) is 0 Å². The smallest absolute Gasteiger partial charge is 0.326 e. The summed E-state index contributed by atoms with van der Waals surface area (Å²) in [5.41, 5.74) is 5.67. The van der Waals surface area contributed by atoms with Gasteiger partial charge in [0.15, 0.2) is 0 Å². The van der Waals surface area contributed by atoms with Gasteiger partial charge < -0.3 is 37.0 Å². The molecule has 0 aromatic rings. The molecule has 0 aliphatic rings. The second kappa shape index (κ2) is 15.6. The quantitative estimate of drug-likeness (QED) is 0.137. The zero-order valence-corrected chi connectivity index (χ0v) is 20.6. The maximum Gasteiger partial charge on any atom is 0.326 e. The number of nitrogens with two attached hydrogens (primary N) is 1. The number of aliphatic carboxylic acids is 3. The minimum Gasteiger partial charge on any atom is -0.481 e. The molecule has 0 spiro atoms. The van der Waals surface area contributed by atoms with Crippen LogP contribution in [0.1, 0.15) is 66.2 Å². The van der Waals surface area contributed by atoms with Crippen molar-refractivity contribution in [3.05, 3.63) is 0 Å². The molecule has 13 nitrogen and oxygen atoms in total. The van der Waals surface area contributed by atoms with E-state index in [0.717, 1.165) is 0 Å². The molecular weight excluding hydrogens is 464 g/mol. The largest absolute Gasteiger partial charge is 0.481 e. The number of hydrogen-bond donors (Lipinski definition) is 7. The lowest BCUT2D eigenvalue weighted by Gasteiger charge is -2.28. The van der Waals surface area contributed by atoms with Gasteiger partial charge in [0.25, 0.3) is 0 Å². The standard InChI is InChI=1S/C22H38N4O9/c1-5-12(4)18(21(33)25-15(22(34)35)10-11(2)3)26-20(32)14(7-9-17(29)30)24-19(31)13(23)6-8-16(27)28/h11-15,18H,5-10,23H2,1-4H3,(H,24,31)(H,25,33)(H,26,32)(H,27,28)(H,29,30)(H,34,35). The molecule has 0 aromatic carbocycles. The summed E-state index contributed by atoms with van der Waals surface area (Å²) in [7, 11) is 0. The van der Waals surface area contributed by atoms with Gasteiger partial charge in [0.1, 0.15) is 18.1 Å². The molecule has 5 atom stereocenters. The van der Waals surface area contributed by atoms with Gasteiger partial charge in [-0.3, -0.25) is 24.0 Å². The molecule has 13 heteroatoms. The summed E-state index contributed by atoms with van der Waals surface area (Å²) in [4.78, 5) is 71.5. The van der Waals surface area contributed by atoms with E-state index in [-0.39, 0.29) is 31.6 Å². The number of amides is 3. The summed E-state index contributed by atoms with van der Waals surface area (Å²) in [5.74, 6) is -6.44. The van der Waals surface area contributed by atoms with E-state index in [4.69, 9.17) is 15.9 Å². The second-order valence-corrected chi connectivity index (χ2v) is 8.93. The molecule has 0 heterocycles. The van der Waals surface area contributed by atoms with Gasteiger partial charge in [-0.05, 0) is 31.1 Å². The van der Waals surface area contributed by atoms with Crippen LogP contribution >= 0.6 is 0 Å². The van der Waals surface area contributed by atoms with Crippen LogP contribution in [-0.2, 0) is 28.8 Å². The predicted molar refractivity (Wildman–Crippen MR) is 124 cm³/mol. The number of carboxylic acids is 3. The normalized spacial score (nSPS) is 15.3. The summed E-state index contributed by atoms with van der Waals surface area (Å²) < 4.78 is 0. The van der Waals surface area contributed by atoms with Crippen molar-refractivity contribution in [3.8, 4) is 0 Å². The molecule has 0 saturated carbocycles. The van der Waals surface area contributed by atoms with Crippen molar-refractivity contribution in [1.82, 2.24) is 16.0 Å². The highest BCUT2D eigenvalue weighted by atomic mass is 16.4. The van der Waals surface area contributed by atoms with Gasteiger partial charge in [0.2, 0.25) is 17.7 Å². The van der Waals surface area contributed by atoms with Crippen molar-refractivity contribution in [1.29, 1.82) is 0 Å². The van der Waals surface area contributed by atoms with Gasteiger partial charge in [-0.15, -0.1) is 0 Å². The lowest BCUT2D eigenvalue weighted by molar-refractivity contribution is -0.143. The first-order valence-corrected chi connectivity index (χ1v) is 11.5. The Labute approximate surface area is 204 Å². The van der Waals surface area contributed by atoms with Gasteiger partial charge in [0, 0.05) is 12.8 Å². The maximum atomic E-state index is 13.0. The van der Waals surface area contributed by atoms with Crippen LogP contribution in [0.25, 0.3) is 0 Å². The van der Waals surface area contributed by atoms with Gasteiger partial charge in [0.05, 0.1) is 6.04 Å². The molecule has 0 radical (unpaired) electrons. The Hall–Kier alpha value is -3.22. The van der Waals surface area contributed by atoms with E-state index in [1.54, 1.807) is 27.7 Å². The fourth-order valence-corrected chi connectivity index (χ4v) is 3.14. The summed E-state index contributed by atoms with van der Waals surface area (Å²) >= 11 is 0. The van der Waals surface area contributed by atoms with E-state index in [9.17, 15) is 33.9 Å². The first-order chi connectivity index (χ1) is 16.2. The molecule has 0 fully saturated rings. The Morgan fingerprint density at radius 3 is 1.71 bits per heavy atom.